The molecule has 3 nitrogen and oxygen atoms in total. The van der Waals surface area contributed by atoms with Crippen LogP contribution in [0.5, 0.6) is 0 Å². The number of aryl methyl sites for hydroxylation is 1. The molecule has 0 amide bonds. The predicted octanol–water partition coefficient (Wildman–Crippen LogP) is 3.50. The third kappa shape index (κ3) is 2.78. The van der Waals surface area contributed by atoms with E-state index in [1.54, 1.807) is 22.5 Å². The minimum Gasteiger partial charge on any atom is -0.207 e. The second-order valence-electron chi connectivity index (χ2n) is 5.27. The van der Waals surface area contributed by atoms with E-state index >= 15 is 0 Å². The Morgan fingerprint density at radius 1 is 1.10 bits per heavy atom. The molecule has 0 bridgehead atoms. The quantitative estimate of drug-likeness (QED) is 0.816. The SMILES string of the molecule is Cc1cc(S(=O)(=O)N2CCc3ccccc3C2)ccc1Br. The van der Waals surface area contributed by atoms with Gasteiger partial charge in [-0.3, -0.25) is 0 Å². The maximum absolute atomic E-state index is 12.8. The van der Waals surface area contributed by atoms with Crippen molar-refractivity contribution in [2.75, 3.05) is 6.54 Å². The topological polar surface area (TPSA) is 37.4 Å². The predicted molar refractivity (Wildman–Crippen MR) is 86.6 cm³/mol. The zero-order chi connectivity index (χ0) is 15.0. The highest BCUT2D eigenvalue weighted by molar-refractivity contribution is 9.10. The van der Waals surface area contributed by atoms with Crippen LogP contribution in [0.4, 0.5) is 0 Å². The number of rotatable bonds is 2. The molecule has 2 aromatic rings. The molecule has 1 heterocycles. The zero-order valence-electron chi connectivity index (χ0n) is 11.7. The summed E-state index contributed by atoms with van der Waals surface area (Å²) in [4.78, 5) is 0.364. The fourth-order valence-corrected chi connectivity index (χ4v) is 4.35. The van der Waals surface area contributed by atoms with Gasteiger partial charge in [0, 0.05) is 17.6 Å². The summed E-state index contributed by atoms with van der Waals surface area (Å²) in [5.41, 5.74) is 3.27. The molecule has 0 N–H and O–H groups in total. The molecule has 0 saturated carbocycles. The number of halogens is 1. The van der Waals surface area contributed by atoms with Gasteiger partial charge >= 0.3 is 0 Å². The van der Waals surface area contributed by atoms with Gasteiger partial charge in [0.2, 0.25) is 10.0 Å². The molecule has 0 aromatic heterocycles. The van der Waals surface area contributed by atoms with Crippen molar-refractivity contribution in [2.24, 2.45) is 0 Å². The first-order valence-electron chi connectivity index (χ1n) is 6.81. The first kappa shape index (κ1) is 14.8. The van der Waals surface area contributed by atoms with E-state index in [4.69, 9.17) is 0 Å². The lowest BCUT2D eigenvalue weighted by molar-refractivity contribution is 0.391. The van der Waals surface area contributed by atoms with E-state index in [1.165, 1.54) is 5.56 Å². The number of sulfonamides is 1. The molecule has 0 fully saturated rings. The molecule has 0 atom stereocenters. The number of fused-ring (bicyclic) bond motifs is 1. The highest BCUT2D eigenvalue weighted by atomic mass is 79.9. The summed E-state index contributed by atoms with van der Waals surface area (Å²) in [6.07, 6.45) is 0.769. The van der Waals surface area contributed by atoms with Crippen LogP contribution < -0.4 is 0 Å². The smallest absolute Gasteiger partial charge is 0.207 e. The van der Waals surface area contributed by atoms with Crippen LogP contribution in [0.25, 0.3) is 0 Å². The molecule has 0 spiro atoms. The minimum atomic E-state index is -3.43. The number of hydrogen-bond acceptors (Lipinski definition) is 2. The van der Waals surface area contributed by atoms with Crippen LogP contribution >= 0.6 is 15.9 Å². The summed E-state index contributed by atoms with van der Waals surface area (Å²) < 4.78 is 28.0. The standard InChI is InChI=1S/C16H16BrNO2S/c1-12-10-15(6-7-16(12)17)21(19,20)18-9-8-13-4-2-3-5-14(13)11-18/h2-7,10H,8-9,11H2,1H3. The maximum Gasteiger partial charge on any atom is 0.243 e. The normalized spacial score (nSPS) is 15.7. The van der Waals surface area contributed by atoms with Crippen LogP contribution in [0.2, 0.25) is 0 Å². The second kappa shape index (κ2) is 5.55. The van der Waals surface area contributed by atoms with Crippen LogP contribution in [0, 0.1) is 6.92 Å². The fourth-order valence-electron chi connectivity index (χ4n) is 2.60. The zero-order valence-corrected chi connectivity index (χ0v) is 14.1. The fraction of sp³-hybridized carbons (Fsp3) is 0.250. The number of hydrogen-bond donors (Lipinski definition) is 0. The average molecular weight is 366 g/mol. The van der Waals surface area contributed by atoms with Gasteiger partial charge in [-0.15, -0.1) is 0 Å². The Morgan fingerprint density at radius 3 is 2.52 bits per heavy atom. The molecule has 1 aliphatic rings. The Balaban J connectivity index is 1.95. The molecule has 3 rings (SSSR count). The van der Waals surface area contributed by atoms with Crippen LogP contribution in [0.3, 0.4) is 0 Å². The van der Waals surface area contributed by atoms with Gasteiger partial charge in [0.05, 0.1) is 4.90 Å². The van der Waals surface area contributed by atoms with Gasteiger partial charge in [0.25, 0.3) is 0 Å². The van der Waals surface area contributed by atoms with E-state index in [0.717, 1.165) is 22.0 Å². The minimum absolute atomic E-state index is 0.364. The molecule has 5 heteroatoms. The second-order valence-corrected chi connectivity index (χ2v) is 8.06. The lowest BCUT2D eigenvalue weighted by Gasteiger charge is -2.28. The van der Waals surface area contributed by atoms with Crippen LogP contribution in [0.15, 0.2) is 51.8 Å². The van der Waals surface area contributed by atoms with Crippen LogP contribution in [-0.4, -0.2) is 19.3 Å². The van der Waals surface area contributed by atoms with Gasteiger partial charge in [0.1, 0.15) is 0 Å². The highest BCUT2D eigenvalue weighted by Gasteiger charge is 2.28. The third-order valence-electron chi connectivity index (χ3n) is 3.86. The van der Waals surface area contributed by atoms with Gasteiger partial charge in [0.15, 0.2) is 0 Å². The summed E-state index contributed by atoms with van der Waals surface area (Å²) in [7, 11) is -3.43. The van der Waals surface area contributed by atoms with Crippen molar-refractivity contribution in [3.8, 4) is 0 Å². The molecule has 21 heavy (non-hydrogen) atoms. The Bertz CT molecular complexity index is 787. The van der Waals surface area contributed by atoms with Crippen molar-refractivity contribution in [1.82, 2.24) is 4.31 Å². The maximum atomic E-state index is 12.8. The Hall–Kier alpha value is -1.17. The van der Waals surface area contributed by atoms with Crippen molar-refractivity contribution in [3.05, 3.63) is 63.6 Å². The highest BCUT2D eigenvalue weighted by Crippen LogP contribution is 2.27. The van der Waals surface area contributed by atoms with Crippen LogP contribution in [0.1, 0.15) is 16.7 Å². The van der Waals surface area contributed by atoms with Gasteiger partial charge in [-0.05, 0) is 48.2 Å². The lowest BCUT2D eigenvalue weighted by atomic mass is 10.0. The largest absolute Gasteiger partial charge is 0.243 e. The van der Waals surface area contributed by atoms with E-state index in [1.807, 2.05) is 25.1 Å². The van der Waals surface area contributed by atoms with Crippen molar-refractivity contribution >= 4 is 26.0 Å². The molecule has 0 aliphatic carbocycles. The van der Waals surface area contributed by atoms with E-state index in [2.05, 4.69) is 22.0 Å². The van der Waals surface area contributed by atoms with Gasteiger partial charge in [-0.2, -0.15) is 4.31 Å². The molecule has 0 unspecified atom stereocenters. The summed E-state index contributed by atoms with van der Waals surface area (Å²) in [5.74, 6) is 0. The molecular formula is C16H16BrNO2S. The van der Waals surface area contributed by atoms with Crippen molar-refractivity contribution in [3.63, 3.8) is 0 Å². The Labute approximate surface area is 133 Å². The summed E-state index contributed by atoms with van der Waals surface area (Å²) >= 11 is 3.41. The number of benzene rings is 2. The summed E-state index contributed by atoms with van der Waals surface area (Å²) in [6, 6.07) is 13.2. The molecule has 0 saturated heterocycles. The van der Waals surface area contributed by atoms with Crippen molar-refractivity contribution in [1.29, 1.82) is 0 Å². The summed E-state index contributed by atoms with van der Waals surface area (Å²) in [5, 5.41) is 0. The molecule has 0 radical (unpaired) electrons. The van der Waals surface area contributed by atoms with Gasteiger partial charge < -0.3 is 0 Å². The molecule has 1 aliphatic heterocycles. The lowest BCUT2D eigenvalue weighted by Crippen LogP contribution is -2.35. The Morgan fingerprint density at radius 2 is 1.81 bits per heavy atom. The molecular weight excluding hydrogens is 350 g/mol. The van der Waals surface area contributed by atoms with Crippen molar-refractivity contribution < 1.29 is 8.42 Å². The first-order chi connectivity index (χ1) is 9.98. The van der Waals surface area contributed by atoms with Crippen molar-refractivity contribution in [2.45, 2.75) is 24.8 Å². The van der Waals surface area contributed by atoms with E-state index < -0.39 is 10.0 Å². The van der Waals surface area contributed by atoms with E-state index in [9.17, 15) is 8.42 Å². The van der Waals surface area contributed by atoms with E-state index in [0.29, 0.717) is 18.0 Å². The Kier molecular flexibility index (Phi) is 3.90. The first-order valence-corrected chi connectivity index (χ1v) is 9.05. The third-order valence-corrected chi connectivity index (χ3v) is 6.59. The van der Waals surface area contributed by atoms with Gasteiger partial charge in [-0.1, -0.05) is 40.2 Å². The van der Waals surface area contributed by atoms with E-state index in [-0.39, 0.29) is 0 Å². The molecule has 110 valence electrons. The van der Waals surface area contributed by atoms with Gasteiger partial charge in [-0.25, -0.2) is 8.42 Å². The number of nitrogens with zero attached hydrogens (tertiary/aromatic N) is 1. The molecule has 2 aromatic carbocycles. The monoisotopic (exact) mass is 365 g/mol. The summed E-state index contributed by atoms with van der Waals surface area (Å²) in [6.45, 7) is 2.89. The van der Waals surface area contributed by atoms with Crippen LogP contribution in [-0.2, 0) is 23.0 Å². The average Bonchev–Trinajstić information content (AvgIpc) is 2.49.